The van der Waals surface area contributed by atoms with Crippen molar-refractivity contribution in [3.05, 3.63) is 63.1 Å². The number of rotatable bonds is 2. The standard InChI is InChI=1S/C13H7BrClF2NO/c14-8-6-7(4-5-10(8)16)13(19)18-12-9(15)2-1-3-11(12)17/h1-6H,(H,18,19). The smallest absolute Gasteiger partial charge is 0.255 e. The van der Waals surface area contributed by atoms with Crippen LogP contribution in [0, 0.1) is 11.6 Å². The number of nitrogens with one attached hydrogen (secondary N) is 1. The van der Waals surface area contributed by atoms with E-state index >= 15 is 0 Å². The second kappa shape index (κ2) is 5.67. The summed E-state index contributed by atoms with van der Waals surface area (Å²) in [5.74, 6) is -1.70. The molecule has 0 heterocycles. The average molecular weight is 347 g/mol. The third-order valence-corrected chi connectivity index (χ3v) is 3.31. The van der Waals surface area contributed by atoms with Crippen molar-refractivity contribution in [2.24, 2.45) is 0 Å². The van der Waals surface area contributed by atoms with Crippen molar-refractivity contribution in [1.82, 2.24) is 0 Å². The SMILES string of the molecule is O=C(Nc1c(F)cccc1Cl)c1ccc(F)c(Br)c1. The van der Waals surface area contributed by atoms with E-state index in [1.54, 1.807) is 0 Å². The molecule has 2 aromatic carbocycles. The van der Waals surface area contributed by atoms with Gasteiger partial charge in [0, 0.05) is 5.56 Å². The minimum Gasteiger partial charge on any atom is -0.318 e. The summed E-state index contributed by atoms with van der Waals surface area (Å²) in [5, 5.41) is 2.44. The van der Waals surface area contributed by atoms with Crippen LogP contribution in [-0.4, -0.2) is 5.91 Å². The monoisotopic (exact) mass is 345 g/mol. The summed E-state index contributed by atoms with van der Waals surface area (Å²) in [6.45, 7) is 0. The van der Waals surface area contributed by atoms with Gasteiger partial charge in [0.2, 0.25) is 0 Å². The van der Waals surface area contributed by atoms with Crippen molar-refractivity contribution in [1.29, 1.82) is 0 Å². The third-order valence-electron chi connectivity index (χ3n) is 2.38. The Morgan fingerprint density at radius 1 is 1.16 bits per heavy atom. The van der Waals surface area contributed by atoms with Crippen molar-refractivity contribution in [2.75, 3.05) is 5.32 Å². The molecular formula is C13H7BrClF2NO. The van der Waals surface area contributed by atoms with Crippen LogP contribution < -0.4 is 5.32 Å². The Morgan fingerprint density at radius 3 is 2.53 bits per heavy atom. The van der Waals surface area contributed by atoms with Crippen LogP contribution in [0.3, 0.4) is 0 Å². The van der Waals surface area contributed by atoms with Gasteiger partial charge in [-0.1, -0.05) is 17.7 Å². The largest absolute Gasteiger partial charge is 0.318 e. The molecule has 1 N–H and O–H groups in total. The van der Waals surface area contributed by atoms with Gasteiger partial charge < -0.3 is 5.32 Å². The molecule has 0 aromatic heterocycles. The quantitative estimate of drug-likeness (QED) is 0.844. The van der Waals surface area contributed by atoms with E-state index in [-0.39, 0.29) is 20.7 Å². The number of carbonyl (C=O) groups is 1. The van der Waals surface area contributed by atoms with E-state index in [9.17, 15) is 13.6 Å². The molecule has 0 aliphatic carbocycles. The number of hydrogen-bond acceptors (Lipinski definition) is 1. The maximum atomic E-state index is 13.5. The molecule has 0 saturated carbocycles. The maximum absolute atomic E-state index is 13.5. The first-order valence-corrected chi connectivity index (χ1v) is 6.36. The molecule has 0 unspecified atom stereocenters. The van der Waals surface area contributed by atoms with E-state index in [1.165, 1.54) is 30.3 Å². The van der Waals surface area contributed by atoms with Gasteiger partial charge in [-0.25, -0.2) is 8.78 Å². The van der Waals surface area contributed by atoms with Gasteiger partial charge in [-0.3, -0.25) is 4.79 Å². The topological polar surface area (TPSA) is 29.1 Å². The van der Waals surface area contributed by atoms with Crippen molar-refractivity contribution in [3.8, 4) is 0 Å². The van der Waals surface area contributed by atoms with Gasteiger partial charge in [-0.2, -0.15) is 0 Å². The molecule has 98 valence electrons. The molecule has 0 aliphatic heterocycles. The Hall–Kier alpha value is -1.46. The Labute approximate surface area is 121 Å². The Morgan fingerprint density at radius 2 is 1.89 bits per heavy atom. The van der Waals surface area contributed by atoms with E-state index in [4.69, 9.17) is 11.6 Å². The van der Waals surface area contributed by atoms with Crippen LogP contribution in [0.4, 0.5) is 14.5 Å². The summed E-state index contributed by atoms with van der Waals surface area (Å²) in [6.07, 6.45) is 0. The van der Waals surface area contributed by atoms with Gasteiger partial charge in [0.05, 0.1) is 15.2 Å². The number of para-hydroxylation sites is 1. The number of anilines is 1. The summed E-state index contributed by atoms with van der Waals surface area (Å²) in [4.78, 5) is 11.9. The van der Waals surface area contributed by atoms with E-state index < -0.39 is 17.5 Å². The summed E-state index contributed by atoms with van der Waals surface area (Å²) in [7, 11) is 0. The highest BCUT2D eigenvalue weighted by Gasteiger charge is 2.13. The van der Waals surface area contributed by atoms with Crippen LogP contribution in [0.25, 0.3) is 0 Å². The van der Waals surface area contributed by atoms with E-state index in [1.807, 2.05) is 0 Å². The Kier molecular flexibility index (Phi) is 4.17. The minimum atomic E-state index is -0.637. The lowest BCUT2D eigenvalue weighted by atomic mass is 10.2. The molecule has 0 spiro atoms. The van der Waals surface area contributed by atoms with Crippen molar-refractivity contribution >= 4 is 39.1 Å². The fraction of sp³-hybridized carbons (Fsp3) is 0. The minimum absolute atomic E-state index is 0.0922. The highest BCUT2D eigenvalue weighted by molar-refractivity contribution is 9.10. The first-order chi connectivity index (χ1) is 8.99. The number of carbonyl (C=O) groups excluding carboxylic acids is 1. The zero-order valence-corrected chi connectivity index (χ0v) is 11.7. The molecule has 2 aromatic rings. The molecule has 0 saturated heterocycles. The zero-order chi connectivity index (χ0) is 14.0. The lowest BCUT2D eigenvalue weighted by Gasteiger charge is -2.08. The predicted molar refractivity (Wildman–Crippen MR) is 73.5 cm³/mol. The number of halogens is 4. The van der Waals surface area contributed by atoms with Crippen molar-refractivity contribution in [3.63, 3.8) is 0 Å². The first kappa shape index (κ1) is 14.0. The van der Waals surface area contributed by atoms with Gasteiger partial charge in [-0.05, 0) is 46.3 Å². The molecule has 19 heavy (non-hydrogen) atoms. The van der Waals surface area contributed by atoms with Crippen LogP contribution in [0.5, 0.6) is 0 Å². The molecule has 0 radical (unpaired) electrons. The molecule has 2 nitrogen and oxygen atoms in total. The molecular weight excluding hydrogens is 340 g/mol. The van der Waals surface area contributed by atoms with Gasteiger partial charge >= 0.3 is 0 Å². The van der Waals surface area contributed by atoms with Crippen LogP contribution in [0.15, 0.2) is 40.9 Å². The lowest BCUT2D eigenvalue weighted by molar-refractivity contribution is 0.102. The summed E-state index contributed by atoms with van der Waals surface area (Å²) >= 11 is 8.77. The number of amides is 1. The van der Waals surface area contributed by atoms with E-state index in [0.717, 1.165) is 6.07 Å². The van der Waals surface area contributed by atoms with Gasteiger partial charge in [0.15, 0.2) is 0 Å². The van der Waals surface area contributed by atoms with Gasteiger partial charge in [0.1, 0.15) is 11.6 Å². The highest BCUT2D eigenvalue weighted by atomic mass is 79.9. The van der Waals surface area contributed by atoms with Crippen LogP contribution in [0.1, 0.15) is 10.4 Å². The predicted octanol–water partition coefficient (Wildman–Crippen LogP) is 4.63. The first-order valence-electron chi connectivity index (χ1n) is 5.19. The fourth-order valence-corrected chi connectivity index (χ4v) is 2.03. The van der Waals surface area contributed by atoms with E-state index in [2.05, 4.69) is 21.2 Å². The fourth-order valence-electron chi connectivity index (χ4n) is 1.44. The second-order valence-electron chi connectivity index (χ2n) is 3.68. The Balaban J connectivity index is 2.28. The lowest BCUT2D eigenvalue weighted by Crippen LogP contribution is -2.13. The zero-order valence-electron chi connectivity index (χ0n) is 9.38. The summed E-state index contributed by atoms with van der Waals surface area (Å²) < 4.78 is 26.7. The molecule has 6 heteroatoms. The Bertz CT molecular complexity index is 628. The van der Waals surface area contributed by atoms with Gasteiger partial charge in [0.25, 0.3) is 5.91 Å². The number of benzene rings is 2. The van der Waals surface area contributed by atoms with E-state index in [0.29, 0.717) is 0 Å². The third kappa shape index (κ3) is 3.11. The molecule has 2 rings (SSSR count). The molecule has 0 bridgehead atoms. The number of hydrogen-bond donors (Lipinski definition) is 1. The molecule has 0 aliphatic rings. The van der Waals surface area contributed by atoms with Crippen LogP contribution >= 0.6 is 27.5 Å². The second-order valence-corrected chi connectivity index (χ2v) is 4.94. The van der Waals surface area contributed by atoms with Crippen LogP contribution in [0.2, 0.25) is 5.02 Å². The summed E-state index contributed by atoms with van der Waals surface area (Å²) in [5.41, 5.74) is 0.0854. The maximum Gasteiger partial charge on any atom is 0.255 e. The average Bonchev–Trinajstić information content (AvgIpc) is 2.37. The van der Waals surface area contributed by atoms with Crippen molar-refractivity contribution < 1.29 is 13.6 Å². The summed E-state index contributed by atoms with van der Waals surface area (Å²) in [6, 6.07) is 7.82. The normalized spacial score (nSPS) is 10.3. The molecule has 0 fully saturated rings. The highest BCUT2D eigenvalue weighted by Crippen LogP contribution is 2.25. The van der Waals surface area contributed by atoms with Crippen molar-refractivity contribution in [2.45, 2.75) is 0 Å². The van der Waals surface area contributed by atoms with Crippen LogP contribution in [-0.2, 0) is 0 Å². The van der Waals surface area contributed by atoms with Gasteiger partial charge in [-0.15, -0.1) is 0 Å². The molecule has 0 atom stereocenters. The molecule has 1 amide bonds.